The Labute approximate surface area is 138 Å². The second-order valence-electron chi connectivity index (χ2n) is 5.59. The number of alkyl halides is 3. The highest BCUT2D eigenvalue weighted by Gasteiger charge is 2.29. The quantitative estimate of drug-likeness (QED) is 0.797. The van der Waals surface area contributed by atoms with Crippen LogP contribution in [0.4, 0.5) is 18.0 Å². The fourth-order valence-corrected chi connectivity index (χ4v) is 1.80. The Morgan fingerprint density at radius 1 is 1.17 bits per heavy atom. The van der Waals surface area contributed by atoms with Crippen LogP contribution >= 0.6 is 0 Å². The molecule has 0 radical (unpaired) electrons. The number of amides is 2. The summed E-state index contributed by atoms with van der Waals surface area (Å²) in [5.74, 6) is -0.151. The maximum absolute atomic E-state index is 11.9. The molecule has 0 aliphatic rings. The Morgan fingerprint density at radius 3 is 2.38 bits per heavy atom. The molecule has 0 aliphatic carbocycles. The minimum Gasteiger partial charge on any atom is -0.440 e. The molecular weight excluding hydrogens is 325 g/mol. The first kappa shape index (κ1) is 19.8. The molecule has 0 aromatic heterocycles. The molecule has 8 heteroatoms. The standard InChI is InChI=1S/C16H21F3N2O3/c1-11-3-5-13(6-4-11)14(22)21-9-12(2)7-8-20-15(23)24-10-16(17,18)19/h3-6,12H,7-10H2,1-2H3,(H,20,23)(H,21,22). The predicted molar refractivity (Wildman–Crippen MR) is 82.7 cm³/mol. The van der Waals surface area contributed by atoms with Crippen LogP contribution in [0.1, 0.15) is 29.3 Å². The van der Waals surface area contributed by atoms with Crippen LogP contribution in [0.2, 0.25) is 0 Å². The Balaban J connectivity index is 2.20. The van der Waals surface area contributed by atoms with Gasteiger partial charge in [0.1, 0.15) is 0 Å². The van der Waals surface area contributed by atoms with E-state index in [-0.39, 0.29) is 18.4 Å². The van der Waals surface area contributed by atoms with Gasteiger partial charge in [-0.3, -0.25) is 4.79 Å². The summed E-state index contributed by atoms with van der Waals surface area (Å²) in [4.78, 5) is 23.0. The van der Waals surface area contributed by atoms with E-state index in [0.29, 0.717) is 18.5 Å². The van der Waals surface area contributed by atoms with Crippen LogP contribution in [0.5, 0.6) is 0 Å². The number of alkyl carbamates (subject to hydrolysis) is 1. The second kappa shape index (κ2) is 9.14. The Hall–Kier alpha value is -2.25. The first-order chi connectivity index (χ1) is 11.2. The number of carbonyl (C=O) groups is 2. The zero-order valence-electron chi connectivity index (χ0n) is 13.6. The molecule has 0 bridgehead atoms. The van der Waals surface area contributed by atoms with Crippen molar-refractivity contribution in [1.29, 1.82) is 0 Å². The van der Waals surface area contributed by atoms with E-state index in [9.17, 15) is 22.8 Å². The van der Waals surface area contributed by atoms with Crippen molar-refractivity contribution >= 4 is 12.0 Å². The fraction of sp³-hybridized carbons (Fsp3) is 0.500. The van der Waals surface area contributed by atoms with Crippen LogP contribution in [0.25, 0.3) is 0 Å². The van der Waals surface area contributed by atoms with E-state index in [1.807, 2.05) is 26.0 Å². The van der Waals surface area contributed by atoms with Crippen LogP contribution in [-0.2, 0) is 4.74 Å². The Bertz CT molecular complexity index is 544. The number of benzene rings is 1. The smallest absolute Gasteiger partial charge is 0.422 e. The third-order valence-corrected chi connectivity index (χ3v) is 3.20. The number of hydrogen-bond acceptors (Lipinski definition) is 3. The van der Waals surface area contributed by atoms with Crippen LogP contribution in [0.15, 0.2) is 24.3 Å². The zero-order chi connectivity index (χ0) is 18.2. The highest BCUT2D eigenvalue weighted by Crippen LogP contribution is 2.14. The van der Waals surface area contributed by atoms with Gasteiger partial charge < -0.3 is 15.4 Å². The Kier molecular flexibility index (Phi) is 7.54. The zero-order valence-corrected chi connectivity index (χ0v) is 13.6. The predicted octanol–water partition coefficient (Wildman–Crippen LogP) is 3.04. The van der Waals surface area contributed by atoms with Crippen molar-refractivity contribution in [2.45, 2.75) is 26.4 Å². The summed E-state index contributed by atoms with van der Waals surface area (Å²) in [6.07, 6.45) is -5.15. The highest BCUT2D eigenvalue weighted by atomic mass is 19.4. The van der Waals surface area contributed by atoms with E-state index < -0.39 is 18.9 Å². The van der Waals surface area contributed by atoms with Crippen molar-refractivity contribution in [2.75, 3.05) is 19.7 Å². The van der Waals surface area contributed by atoms with Gasteiger partial charge in [-0.1, -0.05) is 24.6 Å². The van der Waals surface area contributed by atoms with Crippen molar-refractivity contribution in [1.82, 2.24) is 10.6 Å². The minimum absolute atomic E-state index is 0.0438. The summed E-state index contributed by atoms with van der Waals surface area (Å²) in [6, 6.07) is 7.14. The van der Waals surface area contributed by atoms with Crippen molar-refractivity contribution in [3.05, 3.63) is 35.4 Å². The first-order valence-electron chi connectivity index (χ1n) is 7.49. The summed E-state index contributed by atoms with van der Waals surface area (Å²) in [6.45, 7) is 2.74. The molecule has 1 aromatic rings. The lowest BCUT2D eigenvalue weighted by atomic mass is 10.1. The summed E-state index contributed by atoms with van der Waals surface area (Å²) >= 11 is 0. The summed E-state index contributed by atoms with van der Waals surface area (Å²) in [5, 5.41) is 5.01. The van der Waals surface area contributed by atoms with E-state index in [1.165, 1.54) is 0 Å². The number of hydrogen-bond donors (Lipinski definition) is 2. The van der Waals surface area contributed by atoms with Crippen molar-refractivity contribution in [3.63, 3.8) is 0 Å². The van der Waals surface area contributed by atoms with Gasteiger partial charge in [0.2, 0.25) is 0 Å². The van der Waals surface area contributed by atoms with Crippen LogP contribution in [0, 0.1) is 12.8 Å². The molecule has 0 spiro atoms. The first-order valence-corrected chi connectivity index (χ1v) is 7.49. The molecule has 2 N–H and O–H groups in total. The molecule has 1 rings (SSSR count). The maximum atomic E-state index is 11.9. The van der Waals surface area contributed by atoms with E-state index in [4.69, 9.17) is 0 Å². The molecule has 24 heavy (non-hydrogen) atoms. The van der Waals surface area contributed by atoms with Gasteiger partial charge in [-0.25, -0.2) is 4.79 Å². The number of carbonyl (C=O) groups excluding carboxylic acids is 2. The van der Waals surface area contributed by atoms with Gasteiger partial charge in [-0.05, 0) is 31.4 Å². The topological polar surface area (TPSA) is 67.4 Å². The van der Waals surface area contributed by atoms with Gasteiger partial charge in [-0.2, -0.15) is 13.2 Å². The van der Waals surface area contributed by atoms with E-state index in [2.05, 4.69) is 15.4 Å². The average Bonchev–Trinajstić information content (AvgIpc) is 2.50. The number of halogens is 3. The third-order valence-electron chi connectivity index (χ3n) is 3.20. The maximum Gasteiger partial charge on any atom is 0.422 e. The average molecular weight is 346 g/mol. The highest BCUT2D eigenvalue weighted by molar-refractivity contribution is 5.94. The Morgan fingerprint density at radius 2 is 1.79 bits per heavy atom. The SMILES string of the molecule is Cc1ccc(C(=O)NCC(C)CCNC(=O)OCC(F)(F)F)cc1. The summed E-state index contributed by atoms with van der Waals surface area (Å²) < 4.78 is 39.6. The van der Waals surface area contributed by atoms with Crippen molar-refractivity contribution < 1.29 is 27.5 Å². The minimum atomic E-state index is -4.54. The normalized spacial score (nSPS) is 12.4. The summed E-state index contributed by atoms with van der Waals surface area (Å²) in [7, 11) is 0. The van der Waals surface area contributed by atoms with Gasteiger partial charge in [0.15, 0.2) is 6.61 Å². The third kappa shape index (κ3) is 8.40. The van der Waals surface area contributed by atoms with Gasteiger partial charge in [-0.15, -0.1) is 0 Å². The molecule has 0 saturated carbocycles. The van der Waals surface area contributed by atoms with Gasteiger partial charge in [0.05, 0.1) is 0 Å². The number of nitrogens with one attached hydrogen (secondary N) is 2. The van der Waals surface area contributed by atoms with Crippen LogP contribution < -0.4 is 10.6 Å². The van der Waals surface area contributed by atoms with E-state index >= 15 is 0 Å². The molecular formula is C16H21F3N2O3. The fourth-order valence-electron chi connectivity index (χ4n) is 1.80. The van der Waals surface area contributed by atoms with Crippen molar-refractivity contribution in [3.8, 4) is 0 Å². The molecule has 1 unspecified atom stereocenters. The number of ether oxygens (including phenoxy) is 1. The largest absolute Gasteiger partial charge is 0.440 e. The molecule has 0 heterocycles. The summed E-state index contributed by atoms with van der Waals surface area (Å²) in [5.41, 5.74) is 1.62. The molecule has 0 aliphatic heterocycles. The molecule has 1 atom stereocenters. The molecule has 2 amide bonds. The van der Waals surface area contributed by atoms with Crippen LogP contribution in [-0.4, -0.2) is 37.9 Å². The monoisotopic (exact) mass is 346 g/mol. The molecule has 1 aromatic carbocycles. The lowest BCUT2D eigenvalue weighted by molar-refractivity contribution is -0.160. The number of aryl methyl sites for hydroxylation is 1. The lowest BCUT2D eigenvalue weighted by Gasteiger charge is -2.14. The molecule has 0 fully saturated rings. The molecule has 134 valence electrons. The van der Waals surface area contributed by atoms with E-state index in [0.717, 1.165) is 5.56 Å². The molecule has 5 nitrogen and oxygen atoms in total. The second-order valence-corrected chi connectivity index (χ2v) is 5.59. The van der Waals surface area contributed by atoms with E-state index in [1.54, 1.807) is 12.1 Å². The number of rotatable bonds is 7. The lowest BCUT2D eigenvalue weighted by Crippen LogP contribution is -2.32. The molecule has 0 saturated heterocycles. The van der Waals surface area contributed by atoms with Gasteiger partial charge in [0.25, 0.3) is 5.91 Å². The van der Waals surface area contributed by atoms with Gasteiger partial charge >= 0.3 is 12.3 Å². The van der Waals surface area contributed by atoms with Crippen molar-refractivity contribution in [2.24, 2.45) is 5.92 Å². The van der Waals surface area contributed by atoms with Crippen LogP contribution in [0.3, 0.4) is 0 Å². The van der Waals surface area contributed by atoms with Gasteiger partial charge in [0, 0.05) is 18.7 Å².